The SMILES string of the molecule is CCNC(=O)[C@@H](C)NC(=O)CSc1nc2nc(C)cc(C)n2n1. The van der Waals surface area contributed by atoms with E-state index in [1.54, 1.807) is 11.4 Å². The second kappa shape index (κ2) is 7.40. The highest BCUT2D eigenvalue weighted by atomic mass is 32.2. The lowest BCUT2D eigenvalue weighted by Crippen LogP contribution is -2.45. The van der Waals surface area contributed by atoms with Crippen LogP contribution >= 0.6 is 11.8 Å². The highest BCUT2D eigenvalue weighted by molar-refractivity contribution is 7.99. The van der Waals surface area contributed by atoms with Crippen molar-refractivity contribution in [1.29, 1.82) is 0 Å². The summed E-state index contributed by atoms with van der Waals surface area (Å²) in [5, 5.41) is 10.1. The van der Waals surface area contributed by atoms with Gasteiger partial charge in [0.2, 0.25) is 17.0 Å². The van der Waals surface area contributed by atoms with Crippen molar-refractivity contribution in [3.05, 3.63) is 17.5 Å². The van der Waals surface area contributed by atoms with Crippen LogP contribution < -0.4 is 10.6 Å². The van der Waals surface area contributed by atoms with Gasteiger partial charge in [-0.25, -0.2) is 9.50 Å². The van der Waals surface area contributed by atoms with Crippen LogP contribution in [0.4, 0.5) is 0 Å². The van der Waals surface area contributed by atoms with Crippen LogP contribution in [0.25, 0.3) is 5.78 Å². The van der Waals surface area contributed by atoms with Crippen molar-refractivity contribution in [2.75, 3.05) is 12.3 Å². The zero-order valence-corrected chi connectivity index (χ0v) is 14.4. The second-order valence-electron chi connectivity index (χ2n) is 5.12. The molecule has 2 rings (SSSR count). The van der Waals surface area contributed by atoms with Crippen molar-refractivity contribution in [2.45, 2.75) is 38.9 Å². The maximum Gasteiger partial charge on any atom is 0.253 e. The summed E-state index contributed by atoms with van der Waals surface area (Å²) in [6.07, 6.45) is 0. The van der Waals surface area contributed by atoms with E-state index < -0.39 is 6.04 Å². The minimum absolute atomic E-state index is 0.138. The van der Waals surface area contributed by atoms with Gasteiger partial charge in [-0.1, -0.05) is 11.8 Å². The van der Waals surface area contributed by atoms with Crippen molar-refractivity contribution >= 4 is 29.4 Å². The van der Waals surface area contributed by atoms with Gasteiger partial charge in [-0.3, -0.25) is 9.59 Å². The Bertz CT molecular complexity index is 729. The van der Waals surface area contributed by atoms with E-state index in [0.717, 1.165) is 11.4 Å². The summed E-state index contributed by atoms with van der Waals surface area (Å²) in [5.41, 5.74) is 1.80. The molecule has 0 fully saturated rings. The summed E-state index contributed by atoms with van der Waals surface area (Å²) in [5.74, 6) is 0.208. The number of carbonyl (C=O) groups excluding carboxylic acids is 2. The van der Waals surface area contributed by atoms with Crippen LogP contribution in [-0.2, 0) is 9.59 Å². The zero-order chi connectivity index (χ0) is 17.0. The summed E-state index contributed by atoms with van der Waals surface area (Å²) in [4.78, 5) is 32.0. The number of nitrogens with one attached hydrogen (secondary N) is 2. The third-order valence-corrected chi connectivity index (χ3v) is 3.89. The van der Waals surface area contributed by atoms with Crippen LogP contribution in [0.2, 0.25) is 0 Å². The molecule has 23 heavy (non-hydrogen) atoms. The van der Waals surface area contributed by atoms with Gasteiger partial charge in [0.1, 0.15) is 6.04 Å². The molecule has 0 aliphatic rings. The second-order valence-corrected chi connectivity index (χ2v) is 6.06. The molecule has 2 aromatic heterocycles. The third-order valence-electron chi connectivity index (χ3n) is 3.05. The number of amides is 2. The van der Waals surface area contributed by atoms with Gasteiger partial charge in [-0.05, 0) is 33.8 Å². The first kappa shape index (κ1) is 17.2. The summed E-state index contributed by atoms with van der Waals surface area (Å²) < 4.78 is 1.64. The Morgan fingerprint density at radius 2 is 2.09 bits per heavy atom. The van der Waals surface area contributed by atoms with Gasteiger partial charge in [0.15, 0.2) is 0 Å². The Labute approximate surface area is 138 Å². The van der Waals surface area contributed by atoms with Crippen LogP contribution in [0, 0.1) is 13.8 Å². The van der Waals surface area contributed by atoms with Gasteiger partial charge < -0.3 is 10.6 Å². The number of thioether (sulfide) groups is 1. The van der Waals surface area contributed by atoms with Gasteiger partial charge in [-0.2, -0.15) is 4.98 Å². The van der Waals surface area contributed by atoms with E-state index in [2.05, 4.69) is 25.7 Å². The standard InChI is InChI=1S/C14H20N6O2S/c1-5-15-12(22)10(4)17-11(21)7-23-14-18-13-16-8(2)6-9(3)20(13)19-14/h6,10H,5,7H2,1-4H3,(H,15,22)(H,17,21)/t10-/m1/s1. The molecule has 0 aliphatic carbocycles. The fourth-order valence-electron chi connectivity index (χ4n) is 2.02. The minimum Gasteiger partial charge on any atom is -0.355 e. The number of hydrogen-bond donors (Lipinski definition) is 2. The third kappa shape index (κ3) is 4.41. The zero-order valence-electron chi connectivity index (χ0n) is 13.6. The van der Waals surface area contributed by atoms with Crippen LogP contribution in [0.15, 0.2) is 11.2 Å². The molecule has 2 N–H and O–H groups in total. The van der Waals surface area contributed by atoms with Gasteiger partial charge in [-0.15, -0.1) is 5.10 Å². The fraction of sp³-hybridized carbons (Fsp3) is 0.500. The van der Waals surface area contributed by atoms with Crippen molar-refractivity contribution in [3.8, 4) is 0 Å². The number of carbonyl (C=O) groups is 2. The first-order chi connectivity index (χ1) is 10.9. The van der Waals surface area contributed by atoms with Crippen molar-refractivity contribution in [2.24, 2.45) is 0 Å². The van der Waals surface area contributed by atoms with E-state index >= 15 is 0 Å². The molecule has 1 atom stereocenters. The molecule has 0 aliphatic heterocycles. The first-order valence-electron chi connectivity index (χ1n) is 7.31. The Hall–Kier alpha value is -2.16. The molecule has 2 aromatic rings. The van der Waals surface area contributed by atoms with Crippen LogP contribution in [0.3, 0.4) is 0 Å². The summed E-state index contributed by atoms with van der Waals surface area (Å²) in [7, 11) is 0. The Kier molecular flexibility index (Phi) is 5.54. The lowest BCUT2D eigenvalue weighted by atomic mass is 10.3. The highest BCUT2D eigenvalue weighted by Crippen LogP contribution is 2.15. The normalized spacial score (nSPS) is 12.2. The summed E-state index contributed by atoms with van der Waals surface area (Å²) in [6, 6.07) is 1.35. The summed E-state index contributed by atoms with van der Waals surface area (Å²) >= 11 is 1.21. The molecule has 124 valence electrons. The molecule has 0 saturated carbocycles. The Morgan fingerprint density at radius 3 is 2.78 bits per heavy atom. The van der Waals surface area contributed by atoms with E-state index in [0.29, 0.717) is 17.5 Å². The first-order valence-corrected chi connectivity index (χ1v) is 8.30. The average Bonchev–Trinajstić information content (AvgIpc) is 2.88. The smallest absolute Gasteiger partial charge is 0.253 e. The van der Waals surface area contributed by atoms with Crippen molar-refractivity contribution in [3.63, 3.8) is 0 Å². The quantitative estimate of drug-likeness (QED) is 0.744. The molecule has 0 radical (unpaired) electrons. The number of likely N-dealkylation sites (N-methyl/N-ethyl adjacent to an activating group) is 1. The Morgan fingerprint density at radius 1 is 1.35 bits per heavy atom. The van der Waals surface area contributed by atoms with Crippen molar-refractivity contribution in [1.82, 2.24) is 30.2 Å². The topological polar surface area (TPSA) is 101 Å². The molecule has 2 heterocycles. The van der Waals surface area contributed by atoms with Crippen LogP contribution in [0.5, 0.6) is 0 Å². The molecule has 0 aromatic carbocycles. The van der Waals surface area contributed by atoms with Crippen LogP contribution in [-0.4, -0.2) is 49.7 Å². The number of aryl methyl sites for hydroxylation is 2. The maximum atomic E-state index is 11.9. The van der Waals surface area contributed by atoms with Gasteiger partial charge in [0.25, 0.3) is 5.78 Å². The lowest BCUT2D eigenvalue weighted by molar-refractivity contribution is -0.127. The van der Waals surface area contributed by atoms with E-state index in [-0.39, 0.29) is 17.6 Å². The molecule has 9 heteroatoms. The number of fused-ring (bicyclic) bond motifs is 1. The summed E-state index contributed by atoms with van der Waals surface area (Å²) in [6.45, 7) is 7.82. The number of aromatic nitrogens is 4. The molecular formula is C14H20N6O2S. The molecule has 8 nitrogen and oxygen atoms in total. The molecule has 0 unspecified atom stereocenters. The van der Waals surface area contributed by atoms with E-state index in [1.165, 1.54) is 11.8 Å². The van der Waals surface area contributed by atoms with Gasteiger partial charge in [0.05, 0.1) is 5.75 Å². The van der Waals surface area contributed by atoms with Crippen LogP contribution in [0.1, 0.15) is 25.2 Å². The number of hydrogen-bond acceptors (Lipinski definition) is 6. The maximum absolute atomic E-state index is 11.9. The molecule has 0 bridgehead atoms. The fourth-order valence-corrected chi connectivity index (χ4v) is 2.64. The lowest BCUT2D eigenvalue weighted by Gasteiger charge is -2.12. The molecular weight excluding hydrogens is 316 g/mol. The Balaban J connectivity index is 1.94. The number of nitrogens with zero attached hydrogens (tertiary/aromatic N) is 4. The average molecular weight is 336 g/mol. The minimum atomic E-state index is -0.566. The van der Waals surface area contributed by atoms with Gasteiger partial charge in [0, 0.05) is 17.9 Å². The molecule has 2 amide bonds. The predicted octanol–water partition coefficient (Wildman–Crippen LogP) is 0.474. The van der Waals surface area contributed by atoms with E-state index in [1.807, 2.05) is 26.8 Å². The highest BCUT2D eigenvalue weighted by Gasteiger charge is 2.16. The largest absolute Gasteiger partial charge is 0.355 e. The van der Waals surface area contributed by atoms with Gasteiger partial charge >= 0.3 is 0 Å². The van der Waals surface area contributed by atoms with E-state index in [9.17, 15) is 9.59 Å². The monoisotopic (exact) mass is 336 g/mol. The van der Waals surface area contributed by atoms with Crippen molar-refractivity contribution < 1.29 is 9.59 Å². The predicted molar refractivity (Wildman–Crippen MR) is 87.3 cm³/mol. The number of rotatable bonds is 6. The molecule has 0 spiro atoms. The molecule has 0 saturated heterocycles. The van der Waals surface area contributed by atoms with E-state index in [4.69, 9.17) is 0 Å².